The molecule has 3 N–H and O–H groups in total. The second-order valence-corrected chi connectivity index (χ2v) is 5.66. The van der Waals surface area contributed by atoms with E-state index in [1.54, 1.807) is 26.0 Å². The molecule has 0 aliphatic rings. The van der Waals surface area contributed by atoms with Crippen molar-refractivity contribution < 1.29 is 8.42 Å². The molecule has 1 rings (SSSR count). The summed E-state index contributed by atoms with van der Waals surface area (Å²) in [5.74, 6) is 2.42. The molecule has 4 nitrogen and oxygen atoms in total. The van der Waals surface area contributed by atoms with Gasteiger partial charge in [0, 0.05) is 18.2 Å². The van der Waals surface area contributed by atoms with Gasteiger partial charge >= 0.3 is 0 Å². The second-order valence-electron chi connectivity index (χ2n) is 3.95. The molecule has 1 unspecified atom stereocenters. The number of nitrogen functional groups attached to an aromatic ring is 1. The molecule has 0 spiro atoms. The Morgan fingerprint density at radius 2 is 2.18 bits per heavy atom. The minimum absolute atomic E-state index is 0.202. The van der Waals surface area contributed by atoms with Crippen molar-refractivity contribution in [2.75, 3.05) is 5.73 Å². The highest BCUT2D eigenvalue weighted by Crippen LogP contribution is 2.17. The second kappa shape index (κ2) is 5.21. The maximum Gasteiger partial charge on any atom is 0.240 e. The molecule has 17 heavy (non-hydrogen) atoms. The van der Waals surface area contributed by atoms with Gasteiger partial charge in [-0.15, -0.1) is 12.3 Å². The first-order chi connectivity index (χ1) is 7.86. The Labute approximate surface area is 102 Å². The number of nitrogens with two attached hydrogens (primary N) is 1. The summed E-state index contributed by atoms with van der Waals surface area (Å²) < 4.78 is 26.4. The zero-order valence-electron chi connectivity index (χ0n) is 9.90. The zero-order chi connectivity index (χ0) is 13.1. The van der Waals surface area contributed by atoms with Crippen LogP contribution < -0.4 is 10.5 Å². The van der Waals surface area contributed by atoms with Crippen LogP contribution in [0.5, 0.6) is 0 Å². The SMILES string of the molecule is C#CCC(C)NS(=O)(=O)c1ccc(N)c(C)c1. The zero-order valence-corrected chi connectivity index (χ0v) is 10.7. The van der Waals surface area contributed by atoms with E-state index in [1.807, 2.05) is 0 Å². The lowest BCUT2D eigenvalue weighted by Gasteiger charge is -2.12. The first kappa shape index (κ1) is 13.6. The van der Waals surface area contributed by atoms with E-state index in [9.17, 15) is 8.42 Å². The van der Waals surface area contributed by atoms with Gasteiger partial charge in [0.25, 0.3) is 0 Å². The third kappa shape index (κ3) is 3.48. The molecule has 0 aliphatic heterocycles. The third-order valence-electron chi connectivity index (χ3n) is 2.33. The van der Waals surface area contributed by atoms with Gasteiger partial charge in [0.1, 0.15) is 0 Å². The molecule has 5 heteroatoms. The van der Waals surface area contributed by atoms with Crippen LogP contribution >= 0.6 is 0 Å². The van der Waals surface area contributed by atoms with Crippen molar-refractivity contribution in [3.63, 3.8) is 0 Å². The highest BCUT2D eigenvalue weighted by atomic mass is 32.2. The van der Waals surface area contributed by atoms with E-state index in [1.165, 1.54) is 6.07 Å². The van der Waals surface area contributed by atoms with Gasteiger partial charge in [-0.25, -0.2) is 13.1 Å². The largest absolute Gasteiger partial charge is 0.399 e. The molecule has 0 amide bonds. The summed E-state index contributed by atoms with van der Waals surface area (Å²) in [6.45, 7) is 3.49. The summed E-state index contributed by atoms with van der Waals surface area (Å²) >= 11 is 0. The number of terminal acetylenes is 1. The Morgan fingerprint density at radius 3 is 2.71 bits per heavy atom. The van der Waals surface area contributed by atoms with Crippen LogP contribution in [-0.4, -0.2) is 14.5 Å². The van der Waals surface area contributed by atoms with Crippen LogP contribution in [-0.2, 0) is 10.0 Å². The van der Waals surface area contributed by atoms with Gasteiger partial charge in [-0.1, -0.05) is 0 Å². The van der Waals surface area contributed by atoms with E-state index in [-0.39, 0.29) is 10.9 Å². The van der Waals surface area contributed by atoms with Crippen LogP contribution in [0.25, 0.3) is 0 Å². The molecule has 0 saturated heterocycles. The highest BCUT2D eigenvalue weighted by Gasteiger charge is 2.17. The minimum Gasteiger partial charge on any atom is -0.399 e. The molecule has 0 aliphatic carbocycles. The number of benzene rings is 1. The van der Waals surface area contributed by atoms with Crippen molar-refractivity contribution in [1.29, 1.82) is 0 Å². The van der Waals surface area contributed by atoms with Gasteiger partial charge in [-0.05, 0) is 37.6 Å². The molecule has 0 heterocycles. The Hall–Kier alpha value is -1.51. The maximum absolute atomic E-state index is 12.0. The molecular weight excluding hydrogens is 236 g/mol. The summed E-state index contributed by atoms with van der Waals surface area (Å²) in [7, 11) is -3.52. The summed E-state index contributed by atoms with van der Waals surface area (Å²) in [4.78, 5) is 0.202. The minimum atomic E-state index is -3.52. The molecule has 0 radical (unpaired) electrons. The predicted molar refractivity (Wildman–Crippen MR) is 68.8 cm³/mol. The quantitative estimate of drug-likeness (QED) is 0.626. The van der Waals surface area contributed by atoms with Crippen LogP contribution in [0.1, 0.15) is 18.9 Å². The van der Waals surface area contributed by atoms with Gasteiger partial charge in [0.2, 0.25) is 10.0 Å². The third-order valence-corrected chi connectivity index (χ3v) is 3.92. The van der Waals surface area contributed by atoms with Crippen molar-refractivity contribution in [3.05, 3.63) is 23.8 Å². The van der Waals surface area contributed by atoms with Gasteiger partial charge in [0.05, 0.1) is 4.90 Å². The lowest BCUT2D eigenvalue weighted by molar-refractivity contribution is 0.563. The standard InChI is InChI=1S/C12H16N2O2S/c1-4-5-10(3)14-17(15,16)11-6-7-12(13)9(2)8-11/h1,6-8,10,14H,5,13H2,2-3H3. The van der Waals surface area contributed by atoms with Crippen molar-refractivity contribution in [3.8, 4) is 12.3 Å². The smallest absolute Gasteiger partial charge is 0.240 e. The van der Waals surface area contributed by atoms with E-state index in [0.717, 1.165) is 5.56 Å². The Morgan fingerprint density at radius 1 is 1.53 bits per heavy atom. The fourth-order valence-corrected chi connectivity index (χ4v) is 2.69. The predicted octanol–water partition coefficient (Wildman–Crippen LogP) is 1.27. The first-order valence-corrected chi connectivity index (χ1v) is 6.67. The number of rotatable bonds is 4. The highest BCUT2D eigenvalue weighted by molar-refractivity contribution is 7.89. The first-order valence-electron chi connectivity index (χ1n) is 5.18. The molecule has 0 saturated carbocycles. The van der Waals surface area contributed by atoms with Crippen molar-refractivity contribution in [2.45, 2.75) is 31.2 Å². The number of hydrogen-bond acceptors (Lipinski definition) is 3. The van der Waals surface area contributed by atoms with Crippen molar-refractivity contribution in [1.82, 2.24) is 4.72 Å². The Bertz CT molecular complexity index is 544. The average molecular weight is 252 g/mol. The van der Waals surface area contributed by atoms with Crippen LogP contribution in [0.3, 0.4) is 0 Å². The van der Waals surface area contributed by atoms with E-state index in [0.29, 0.717) is 12.1 Å². The van der Waals surface area contributed by atoms with Gasteiger partial charge in [-0.2, -0.15) is 0 Å². The molecule has 0 fully saturated rings. The average Bonchev–Trinajstić information content (AvgIpc) is 2.21. The Kier molecular flexibility index (Phi) is 4.16. The topological polar surface area (TPSA) is 72.2 Å². The van der Waals surface area contributed by atoms with Crippen LogP contribution in [0.4, 0.5) is 5.69 Å². The summed E-state index contributed by atoms with van der Waals surface area (Å²) in [6.07, 6.45) is 5.48. The maximum atomic E-state index is 12.0. The number of aryl methyl sites for hydroxylation is 1. The lowest BCUT2D eigenvalue weighted by Crippen LogP contribution is -2.32. The summed E-state index contributed by atoms with van der Waals surface area (Å²) in [5.41, 5.74) is 6.94. The number of hydrogen-bond donors (Lipinski definition) is 2. The lowest BCUT2D eigenvalue weighted by atomic mass is 10.2. The Balaban J connectivity index is 2.98. The molecular formula is C12H16N2O2S. The van der Waals surface area contributed by atoms with Gasteiger partial charge < -0.3 is 5.73 Å². The van der Waals surface area contributed by atoms with E-state index >= 15 is 0 Å². The van der Waals surface area contributed by atoms with Gasteiger partial charge in [0.15, 0.2) is 0 Å². The van der Waals surface area contributed by atoms with Crippen molar-refractivity contribution >= 4 is 15.7 Å². The van der Waals surface area contributed by atoms with E-state index in [4.69, 9.17) is 12.2 Å². The van der Waals surface area contributed by atoms with Crippen LogP contribution in [0.15, 0.2) is 23.1 Å². The molecule has 1 aromatic rings. The van der Waals surface area contributed by atoms with Crippen molar-refractivity contribution in [2.24, 2.45) is 0 Å². The van der Waals surface area contributed by atoms with Gasteiger partial charge in [-0.3, -0.25) is 0 Å². The molecule has 1 atom stereocenters. The van der Waals surface area contributed by atoms with Crippen LogP contribution in [0.2, 0.25) is 0 Å². The fourth-order valence-electron chi connectivity index (χ4n) is 1.37. The summed E-state index contributed by atoms with van der Waals surface area (Å²) in [6, 6.07) is 4.31. The van der Waals surface area contributed by atoms with Crippen LogP contribution in [0, 0.1) is 19.3 Å². The summed E-state index contributed by atoms with van der Waals surface area (Å²) in [5, 5.41) is 0. The number of nitrogens with one attached hydrogen (secondary N) is 1. The normalized spacial score (nSPS) is 13.0. The number of anilines is 1. The molecule has 0 bridgehead atoms. The molecule has 92 valence electrons. The van der Waals surface area contributed by atoms with E-state index < -0.39 is 10.0 Å². The molecule has 1 aromatic carbocycles. The number of sulfonamides is 1. The fraction of sp³-hybridized carbons (Fsp3) is 0.333. The molecule has 0 aromatic heterocycles. The monoisotopic (exact) mass is 252 g/mol. The van der Waals surface area contributed by atoms with E-state index in [2.05, 4.69) is 10.6 Å².